The first-order valence-corrected chi connectivity index (χ1v) is 6.57. The van der Waals surface area contributed by atoms with Gasteiger partial charge >= 0.3 is 5.69 Å². The van der Waals surface area contributed by atoms with Gasteiger partial charge in [-0.25, -0.2) is 9.36 Å². The smallest absolute Gasteiger partial charge is 0.329 e. The second kappa shape index (κ2) is 5.44. The van der Waals surface area contributed by atoms with Crippen molar-refractivity contribution in [2.45, 2.75) is 32.7 Å². The second-order valence-corrected chi connectivity index (χ2v) is 4.95. The third-order valence-electron chi connectivity index (χ3n) is 3.55. The zero-order valence-corrected chi connectivity index (χ0v) is 11.5. The van der Waals surface area contributed by atoms with Crippen LogP contribution in [0.25, 0.3) is 0 Å². The first-order valence-electron chi connectivity index (χ1n) is 6.57. The number of Topliss-reactive ketones (excluding diaryl/α,β-unsaturated/α-hetero) is 1. The van der Waals surface area contributed by atoms with Gasteiger partial charge in [-0.1, -0.05) is 0 Å². The van der Waals surface area contributed by atoms with Gasteiger partial charge < -0.3 is 9.88 Å². The summed E-state index contributed by atoms with van der Waals surface area (Å²) >= 11 is 0. The molecule has 0 spiro atoms. The summed E-state index contributed by atoms with van der Waals surface area (Å²) in [6.07, 6.45) is 2.95. The lowest BCUT2D eigenvalue weighted by atomic mass is 10.2. The first kappa shape index (κ1) is 14.2. The van der Waals surface area contributed by atoms with Crippen LogP contribution in [0.3, 0.4) is 0 Å². The van der Waals surface area contributed by atoms with Crippen molar-refractivity contribution in [3.8, 4) is 0 Å². The minimum Gasteiger partial charge on any atom is -0.341 e. The standard InChI is InChI=1S/C13H17N3O4/c1-8(11(18)15-5-3-4-6-15)16-12(19)10(9(2)17)7-14-13(16)20/h7-8H,3-6H2,1-2H3,(H,14,20). The Morgan fingerprint density at radius 3 is 2.40 bits per heavy atom. The number of hydrogen-bond acceptors (Lipinski definition) is 4. The molecule has 1 N–H and O–H groups in total. The van der Waals surface area contributed by atoms with E-state index in [0.29, 0.717) is 13.1 Å². The predicted octanol–water partition coefficient (Wildman–Crippen LogP) is -0.0774. The van der Waals surface area contributed by atoms with Crippen LogP contribution in [0.5, 0.6) is 0 Å². The maximum absolute atomic E-state index is 12.3. The van der Waals surface area contributed by atoms with Gasteiger partial charge in [0.05, 0.1) is 5.56 Å². The number of rotatable bonds is 3. The molecule has 7 nitrogen and oxygen atoms in total. The minimum absolute atomic E-state index is 0.120. The zero-order chi connectivity index (χ0) is 14.9. The van der Waals surface area contributed by atoms with Crippen LogP contribution >= 0.6 is 0 Å². The number of H-pyrrole nitrogens is 1. The number of ketones is 1. The second-order valence-electron chi connectivity index (χ2n) is 4.95. The largest absolute Gasteiger partial charge is 0.341 e. The van der Waals surface area contributed by atoms with Crippen molar-refractivity contribution >= 4 is 11.7 Å². The lowest BCUT2D eigenvalue weighted by Gasteiger charge is -2.21. The van der Waals surface area contributed by atoms with Crippen LogP contribution < -0.4 is 11.2 Å². The lowest BCUT2D eigenvalue weighted by molar-refractivity contribution is -0.133. The summed E-state index contributed by atoms with van der Waals surface area (Å²) in [5.74, 6) is -0.711. The molecule has 0 saturated carbocycles. The molecular formula is C13H17N3O4. The van der Waals surface area contributed by atoms with Gasteiger partial charge in [0.25, 0.3) is 5.56 Å². The molecule has 2 heterocycles. The molecule has 108 valence electrons. The SMILES string of the molecule is CC(=O)c1c[nH]c(=O)n(C(C)C(=O)N2CCCC2)c1=O. The summed E-state index contributed by atoms with van der Waals surface area (Å²) in [5.41, 5.74) is -1.52. The first-order chi connectivity index (χ1) is 9.43. The van der Waals surface area contributed by atoms with Crippen molar-refractivity contribution in [3.05, 3.63) is 32.6 Å². The van der Waals surface area contributed by atoms with E-state index in [0.717, 1.165) is 23.6 Å². The van der Waals surface area contributed by atoms with E-state index in [9.17, 15) is 19.2 Å². The van der Waals surface area contributed by atoms with Gasteiger partial charge in [-0.3, -0.25) is 14.4 Å². The van der Waals surface area contributed by atoms with Crippen molar-refractivity contribution < 1.29 is 9.59 Å². The average molecular weight is 279 g/mol. The number of aromatic amines is 1. The Bertz CT molecular complexity index is 652. The molecule has 1 amide bonds. The number of carbonyl (C=O) groups is 2. The number of hydrogen-bond donors (Lipinski definition) is 1. The highest BCUT2D eigenvalue weighted by atomic mass is 16.2. The normalized spacial score (nSPS) is 16.2. The molecule has 1 aromatic heterocycles. The Morgan fingerprint density at radius 2 is 1.85 bits per heavy atom. The molecule has 20 heavy (non-hydrogen) atoms. The minimum atomic E-state index is -0.913. The molecule has 1 atom stereocenters. The van der Waals surface area contributed by atoms with Crippen LogP contribution in [0.4, 0.5) is 0 Å². The third kappa shape index (κ3) is 2.43. The third-order valence-corrected chi connectivity index (χ3v) is 3.55. The highest BCUT2D eigenvalue weighted by Crippen LogP contribution is 2.13. The average Bonchev–Trinajstić information content (AvgIpc) is 2.91. The van der Waals surface area contributed by atoms with Crippen LogP contribution in [0.2, 0.25) is 0 Å². The number of amides is 1. The maximum Gasteiger partial charge on any atom is 0.329 e. The van der Waals surface area contributed by atoms with Crippen LogP contribution in [0, 0.1) is 0 Å². The van der Waals surface area contributed by atoms with E-state index >= 15 is 0 Å². The van der Waals surface area contributed by atoms with E-state index in [1.165, 1.54) is 13.8 Å². The summed E-state index contributed by atoms with van der Waals surface area (Å²) in [7, 11) is 0. The number of nitrogens with one attached hydrogen (secondary N) is 1. The van der Waals surface area contributed by atoms with Crippen molar-refractivity contribution in [1.82, 2.24) is 14.5 Å². The summed E-state index contributed by atoms with van der Waals surface area (Å²) < 4.78 is 0.817. The van der Waals surface area contributed by atoms with Gasteiger partial charge in [0.15, 0.2) is 5.78 Å². The number of nitrogens with zero attached hydrogens (tertiary/aromatic N) is 2. The predicted molar refractivity (Wildman–Crippen MR) is 71.9 cm³/mol. The van der Waals surface area contributed by atoms with E-state index < -0.39 is 23.1 Å². The monoisotopic (exact) mass is 279 g/mol. The zero-order valence-electron chi connectivity index (χ0n) is 11.5. The van der Waals surface area contributed by atoms with Crippen molar-refractivity contribution in [2.75, 3.05) is 13.1 Å². The lowest BCUT2D eigenvalue weighted by Crippen LogP contribution is -2.45. The van der Waals surface area contributed by atoms with E-state index in [1.807, 2.05) is 0 Å². The molecule has 1 saturated heterocycles. The van der Waals surface area contributed by atoms with Gasteiger partial charge in [0.2, 0.25) is 5.91 Å². The Kier molecular flexibility index (Phi) is 3.87. The van der Waals surface area contributed by atoms with Crippen LogP contribution in [0.15, 0.2) is 15.8 Å². The fraction of sp³-hybridized carbons (Fsp3) is 0.538. The van der Waals surface area contributed by atoms with Gasteiger partial charge in [-0.15, -0.1) is 0 Å². The molecule has 1 aromatic rings. The van der Waals surface area contributed by atoms with E-state index in [4.69, 9.17) is 0 Å². The molecule has 0 radical (unpaired) electrons. The maximum atomic E-state index is 12.3. The fourth-order valence-corrected chi connectivity index (χ4v) is 2.40. The molecule has 2 rings (SSSR count). The topological polar surface area (TPSA) is 92.2 Å². The fourth-order valence-electron chi connectivity index (χ4n) is 2.40. The van der Waals surface area contributed by atoms with E-state index in [2.05, 4.69) is 4.98 Å². The number of carbonyl (C=O) groups excluding carboxylic acids is 2. The molecule has 1 aliphatic rings. The Morgan fingerprint density at radius 1 is 1.25 bits per heavy atom. The molecule has 0 aromatic carbocycles. The number of likely N-dealkylation sites (tertiary alicyclic amines) is 1. The highest BCUT2D eigenvalue weighted by Gasteiger charge is 2.27. The summed E-state index contributed by atoms with van der Waals surface area (Å²) in [6.45, 7) is 4.03. The van der Waals surface area contributed by atoms with E-state index in [1.54, 1.807) is 4.90 Å². The number of aromatic nitrogens is 2. The van der Waals surface area contributed by atoms with Crippen molar-refractivity contribution in [1.29, 1.82) is 0 Å². The summed E-state index contributed by atoms with van der Waals surface area (Å²) in [6, 6.07) is -0.913. The molecular weight excluding hydrogens is 262 g/mol. The van der Waals surface area contributed by atoms with Crippen LogP contribution in [0.1, 0.15) is 43.1 Å². The summed E-state index contributed by atoms with van der Waals surface area (Å²) in [4.78, 5) is 51.5. The molecule has 1 fully saturated rings. The highest BCUT2D eigenvalue weighted by molar-refractivity contribution is 5.93. The van der Waals surface area contributed by atoms with Gasteiger partial charge in [0.1, 0.15) is 6.04 Å². The van der Waals surface area contributed by atoms with Crippen molar-refractivity contribution in [3.63, 3.8) is 0 Å². The van der Waals surface area contributed by atoms with E-state index in [-0.39, 0.29) is 11.5 Å². The molecule has 0 aliphatic carbocycles. The van der Waals surface area contributed by atoms with Crippen LogP contribution in [-0.4, -0.2) is 39.2 Å². The van der Waals surface area contributed by atoms with Crippen molar-refractivity contribution in [2.24, 2.45) is 0 Å². The molecule has 7 heteroatoms. The Labute approximate surface area is 115 Å². The molecule has 0 bridgehead atoms. The summed E-state index contributed by atoms with van der Waals surface area (Å²) in [5, 5.41) is 0. The quantitative estimate of drug-likeness (QED) is 0.783. The van der Waals surface area contributed by atoms with Crippen LogP contribution in [-0.2, 0) is 4.79 Å². The Balaban J connectivity index is 2.43. The van der Waals surface area contributed by atoms with Gasteiger partial charge in [0, 0.05) is 19.3 Å². The Hall–Kier alpha value is -2.18. The van der Waals surface area contributed by atoms with Gasteiger partial charge in [-0.05, 0) is 26.7 Å². The molecule has 1 unspecified atom stereocenters. The molecule has 1 aliphatic heterocycles. The van der Waals surface area contributed by atoms with Gasteiger partial charge in [-0.2, -0.15) is 0 Å².